The number of hydrogen-bond acceptors (Lipinski definition) is 11. The molecule has 8 N–H and O–H groups in total. The van der Waals surface area contributed by atoms with E-state index in [1.807, 2.05) is 112 Å². The van der Waals surface area contributed by atoms with Crippen molar-refractivity contribution >= 4 is 58.6 Å². The molecule has 2 fully saturated rings. The molecule has 3 heterocycles. The summed E-state index contributed by atoms with van der Waals surface area (Å²) in [7, 11) is 3.42. The van der Waals surface area contributed by atoms with Gasteiger partial charge in [0.05, 0.1) is 34.2 Å². The molecule has 19 heteroatoms. The van der Waals surface area contributed by atoms with Gasteiger partial charge < -0.3 is 52.3 Å². The standard InChI is InChI=1S/C71H89Cl2N11O6/c1-48(76-3)66(85)79-64(30-25-50-14-7-5-8-15-50)70(89)84-39-13-21-59(84)47-82(69(88)63(75)45-55-24-29-60(72)61(73)43-55)41-35-53-18-11-19-57(42-53)56-27-22-52(23-28-56)26-31-65(80-67(86)49(2)77-4)71(90)83-38-12-20-58(83)46-81(40-34-51-16-9-6-10-17-51)68(87)62(74)44-54-32-36-78-37-33-54/h5-11,14-19,22-24,27-29,32-33,36-37,42-43,48-49,58-59,62-65,76-77H,12-13,20-21,25-26,30-31,34-35,38-41,44-47,74-75H2,1-4H3,(H,79,85)(H,80,86)/t48-,49-,58-,59-,62+,63+,64-,65-/m0/s1. The zero-order valence-corrected chi connectivity index (χ0v) is 53.9. The number of rotatable bonds is 31. The van der Waals surface area contributed by atoms with Crippen LogP contribution >= 0.6 is 23.2 Å². The van der Waals surface area contributed by atoms with Gasteiger partial charge in [-0.3, -0.25) is 33.8 Å². The molecule has 0 bridgehead atoms. The Kier molecular flexibility index (Phi) is 25.9. The minimum atomic E-state index is -0.908. The molecule has 90 heavy (non-hydrogen) atoms. The minimum Gasteiger partial charge on any atom is -0.343 e. The Labute approximate surface area is 541 Å². The molecule has 2 saturated heterocycles. The molecule has 8 rings (SSSR count). The fourth-order valence-corrected chi connectivity index (χ4v) is 12.4. The van der Waals surface area contributed by atoms with E-state index in [-0.39, 0.29) is 60.5 Å². The van der Waals surface area contributed by atoms with E-state index < -0.39 is 36.3 Å². The molecule has 1 aromatic heterocycles. The Morgan fingerprint density at radius 1 is 0.522 bits per heavy atom. The van der Waals surface area contributed by atoms with Crippen molar-refractivity contribution in [3.63, 3.8) is 0 Å². The highest BCUT2D eigenvalue weighted by Gasteiger charge is 2.39. The van der Waals surface area contributed by atoms with E-state index in [1.54, 1.807) is 57.4 Å². The van der Waals surface area contributed by atoms with Crippen molar-refractivity contribution in [2.24, 2.45) is 11.5 Å². The maximum Gasteiger partial charge on any atom is 0.245 e. The molecule has 0 aliphatic carbocycles. The fourth-order valence-electron chi connectivity index (χ4n) is 12.0. The molecular weight excluding hydrogens is 1170 g/mol. The minimum absolute atomic E-state index is 0.172. The van der Waals surface area contributed by atoms with E-state index in [0.717, 1.165) is 57.3 Å². The van der Waals surface area contributed by atoms with E-state index in [2.05, 4.69) is 56.6 Å². The predicted molar refractivity (Wildman–Crippen MR) is 356 cm³/mol. The number of nitrogens with two attached hydrogens (primary N) is 2. The summed E-state index contributed by atoms with van der Waals surface area (Å²) in [6.07, 6.45) is 9.86. The number of likely N-dealkylation sites (tertiary alicyclic amines) is 2. The average molecular weight is 1260 g/mol. The van der Waals surface area contributed by atoms with Crippen LogP contribution in [0.4, 0.5) is 0 Å². The smallest absolute Gasteiger partial charge is 0.245 e. The van der Waals surface area contributed by atoms with E-state index in [0.29, 0.717) is 101 Å². The lowest BCUT2D eigenvalue weighted by Crippen LogP contribution is -2.56. The Morgan fingerprint density at radius 3 is 1.48 bits per heavy atom. The van der Waals surface area contributed by atoms with Crippen molar-refractivity contribution in [1.29, 1.82) is 0 Å². The van der Waals surface area contributed by atoms with Crippen LogP contribution in [-0.2, 0) is 67.3 Å². The molecule has 2 aliphatic heterocycles. The second-order valence-electron chi connectivity index (χ2n) is 24.0. The molecule has 0 saturated carbocycles. The van der Waals surface area contributed by atoms with Crippen LogP contribution in [0.2, 0.25) is 10.0 Å². The first-order valence-corrected chi connectivity index (χ1v) is 32.5. The summed E-state index contributed by atoms with van der Waals surface area (Å²) in [5, 5.41) is 12.9. The lowest BCUT2D eigenvalue weighted by molar-refractivity contribution is -0.140. The third-order valence-corrected chi connectivity index (χ3v) is 18.4. The number of nitrogens with zero attached hydrogens (tertiary/aromatic N) is 5. The molecule has 0 radical (unpaired) electrons. The SMILES string of the molecule is CN[C@@H](C)C(=O)N[C@@H](CCc1ccc(-c2cccc(CCN(C[C@@H]3CCCN3C(=O)[C@H](CCc3ccccc3)NC(=O)[C@H](C)NC)C(=O)[C@H](N)Cc3ccc(Cl)c(Cl)c3)c2)cc1)C(=O)N1CCC[C@H]1CN(CCc1ccccc1)C(=O)[C@H](N)Cc1ccncc1. The second kappa shape index (κ2) is 34.1. The van der Waals surface area contributed by atoms with Crippen LogP contribution in [0, 0.1) is 0 Å². The molecular formula is C71H89Cl2N11O6. The summed E-state index contributed by atoms with van der Waals surface area (Å²) in [6.45, 7) is 5.87. The molecule has 0 spiro atoms. The Hall–Kier alpha value is -7.51. The van der Waals surface area contributed by atoms with Gasteiger partial charge in [0.25, 0.3) is 0 Å². The molecule has 6 aromatic rings. The number of hydrogen-bond donors (Lipinski definition) is 6. The zero-order chi connectivity index (χ0) is 64.1. The number of aromatic nitrogens is 1. The van der Waals surface area contributed by atoms with Gasteiger partial charge in [0.15, 0.2) is 0 Å². The molecule has 0 unspecified atom stereocenters. The van der Waals surface area contributed by atoms with Crippen LogP contribution in [0.15, 0.2) is 152 Å². The van der Waals surface area contributed by atoms with Crippen LogP contribution in [0.5, 0.6) is 0 Å². The lowest BCUT2D eigenvalue weighted by atomic mass is 9.98. The van der Waals surface area contributed by atoms with Gasteiger partial charge in [-0.25, -0.2) is 0 Å². The van der Waals surface area contributed by atoms with Crippen LogP contribution in [0.1, 0.15) is 85.8 Å². The molecule has 8 atom stereocenters. The zero-order valence-electron chi connectivity index (χ0n) is 52.4. The topological polar surface area (TPSA) is 228 Å². The highest BCUT2D eigenvalue weighted by Crippen LogP contribution is 2.28. The van der Waals surface area contributed by atoms with E-state index >= 15 is 0 Å². The number of aryl methyl sites for hydroxylation is 2. The highest BCUT2D eigenvalue weighted by molar-refractivity contribution is 6.42. The summed E-state index contributed by atoms with van der Waals surface area (Å²) < 4.78 is 0. The Morgan fingerprint density at radius 2 is 0.978 bits per heavy atom. The monoisotopic (exact) mass is 1260 g/mol. The van der Waals surface area contributed by atoms with E-state index in [1.165, 1.54) is 0 Å². The molecule has 5 aromatic carbocycles. The normalized spacial score (nSPS) is 16.8. The van der Waals surface area contributed by atoms with Gasteiger partial charge in [-0.15, -0.1) is 0 Å². The number of benzene rings is 5. The third-order valence-electron chi connectivity index (χ3n) is 17.7. The molecule has 17 nitrogen and oxygen atoms in total. The van der Waals surface area contributed by atoms with Gasteiger partial charge in [0.2, 0.25) is 35.4 Å². The highest BCUT2D eigenvalue weighted by atomic mass is 35.5. The van der Waals surface area contributed by atoms with Gasteiger partial charge in [0, 0.05) is 63.7 Å². The van der Waals surface area contributed by atoms with Crippen LogP contribution in [0.3, 0.4) is 0 Å². The fraction of sp³-hybridized carbons (Fsp3) is 0.423. The number of carbonyl (C=O) groups excluding carboxylic acids is 6. The lowest BCUT2D eigenvalue weighted by Gasteiger charge is -2.34. The number of halogens is 2. The van der Waals surface area contributed by atoms with Crippen molar-refractivity contribution in [2.75, 3.05) is 53.4 Å². The Balaban J connectivity index is 0.949. The first-order valence-electron chi connectivity index (χ1n) is 31.7. The summed E-state index contributed by atoms with van der Waals surface area (Å²) in [6, 6.07) is 40.4. The van der Waals surface area contributed by atoms with E-state index in [4.69, 9.17) is 34.7 Å². The van der Waals surface area contributed by atoms with Crippen molar-refractivity contribution in [3.8, 4) is 11.1 Å². The average Bonchev–Trinajstić information content (AvgIpc) is 3.06. The molecule has 6 amide bonds. The van der Waals surface area contributed by atoms with E-state index in [9.17, 15) is 28.8 Å². The van der Waals surface area contributed by atoms with Crippen molar-refractivity contribution in [3.05, 3.63) is 195 Å². The first kappa shape index (κ1) is 68.4. The third kappa shape index (κ3) is 19.5. The largest absolute Gasteiger partial charge is 0.343 e. The quantitative estimate of drug-likeness (QED) is 0.0252. The van der Waals surface area contributed by atoms with Crippen LogP contribution in [-0.4, -0.2) is 162 Å². The number of likely N-dealkylation sites (N-methyl/N-ethyl adjacent to an activating group) is 2. The number of pyridine rings is 1. The molecule has 2 aliphatic rings. The summed E-state index contributed by atoms with van der Waals surface area (Å²) in [5.74, 6) is -1.32. The summed E-state index contributed by atoms with van der Waals surface area (Å²) in [5.41, 5.74) is 21.2. The molecule has 478 valence electrons. The predicted octanol–water partition coefficient (Wildman–Crippen LogP) is 7.37. The maximum absolute atomic E-state index is 14.8. The summed E-state index contributed by atoms with van der Waals surface area (Å²) in [4.78, 5) is 96.6. The van der Waals surface area contributed by atoms with Crippen molar-refractivity contribution in [1.82, 2.24) is 45.9 Å². The number of amides is 6. The first-order chi connectivity index (χ1) is 43.5. The number of carbonyl (C=O) groups is 6. The second-order valence-corrected chi connectivity index (χ2v) is 24.9. The van der Waals surface area contributed by atoms with Gasteiger partial charge >= 0.3 is 0 Å². The van der Waals surface area contributed by atoms with Gasteiger partial charge in [-0.2, -0.15) is 0 Å². The van der Waals surface area contributed by atoms with Gasteiger partial charge in [-0.1, -0.05) is 138 Å². The van der Waals surface area contributed by atoms with Gasteiger partial charge in [0.1, 0.15) is 12.1 Å². The van der Waals surface area contributed by atoms with Gasteiger partial charge in [-0.05, 0) is 174 Å². The van der Waals surface area contributed by atoms with Crippen LogP contribution < -0.4 is 32.7 Å². The Bertz CT molecular complexity index is 3310. The summed E-state index contributed by atoms with van der Waals surface area (Å²) >= 11 is 12.6. The van der Waals surface area contributed by atoms with Crippen molar-refractivity contribution < 1.29 is 28.8 Å². The van der Waals surface area contributed by atoms with Crippen molar-refractivity contribution in [2.45, 2.75) is 139 Å². The van der Waals surface area contributed by atoms with Crippen LogP contribution in [0.25, 0.3) is 11.1 Å². The number of nitrogens with one attached hydrogen (secondary N) is 4. The maximum atomic E-state index is 14.8.